The average molecular weight is 453 g/mol. The second kappa shape index (κ2) is 7.85. The summed E-state index contributed by atoms with van der Waals surface area (Å²) < 4.78 is 4.99. The number of benzene rings is 1. The molecule has 0 unspecified atom stereocenters. The number of hydrogen-bond donors (Lipinski definition) is 1. The van der Waals surface area contributed by atoms with Gasteiger partial charge in [0.2, 0.25) is 11.8 Å². The number of fused-ring (bicyclic) bond motifs is 5. The van der Waals surface area contributed by atoms with Crippen LogP contribution in [0.25, 0.3) is 0 Å². The highest BCUT2D eigenvalue weighted by Crippen LogP contribution is 2.59. The Morgan fingerprint density at radius 3 is 2.30 bits per heavy atom. The summed E-state index contributed by atoms with van der Waals surface area (Å²) in [6, 6.07) is 5.50. The molecule has 6 atom stereocenters. The number of nitrogens with zero attached hydrogens (tertiary/aromatic N) is 1. The number of ether oxygens (including phenoxy) is 1. The zero-order valence-corrected chi connectivity index (χ0v) is 18.1. The van der Waals surface area contributed by atoms with Gasteiger partial charge in [0.1, 0.15) is 6.54 Å². The molecule has 2 bridgehead atoms. The van der Waals surface area contributed by atoms with Crippen molar-refractivity contribution in [3.8, 4) is 0 Å². The standard InChI is InChI=1S/C21H22Cl2N2O5/c1-9-4-3-5-13(10(9)2)24-14(26)8-30-15(27)7-25-20(28)16-11-6-12(17(16)21(25)29)19(23)18(11)22/h3-5,11-12,16-19H,6-8H2,1-2H3,(H,24,26)/t11-,12-,16-,17+,18+,19+/m1/s1. The summed E-state index contributed by atoms with van der Waals surface area (Å²) in [5.74, 6) is -3.44. The molecule has 4 rings (SSSR count). The number of aryl methyl sites for hydroxylation is 1. The van der Waals surface area contributed by atoms with E-state index >= 15 is 0 Å². The Balaban J connectivity index is 1.33. The van der Waals surface area contributed by atoms with Crippen LogP contribution in [-0.2, 0) is 23.9 Å². The van der Waals surface area contributed by atoms with Gasteiger partial charge in [-0.25, -0.2) is 0 Å². The smallest absolute Gasteiger partial charge is 0.326 e. The van der Waals surface area contributed by atoms with E-state index in [1.54, 1.807) is 6.07 Å². The second-order valence-electron chi connectivity index (χ2n) is 8.22. The summed E-state index contributed by atoms with van der Waals surface area (Å²) in [5, 5.41) is 1.98. The van der Waals surface area contributed by atoms with Crippen molar-refractivity contribution in [2.24, 2.45) is 23.7 Å². The number of hydrogen-bond acceptors (Lipinski definition) is 5. The van der Waals surface area contributed by atoms with Gasteiger partial charge in [0, 0.05) is 5.69 Å². The van der Waals surface area contributed by atoms with Crippen LogP contribution in [0.5, 0.6) is 0 Å². The maximum Gasteiger partial charge on any atom is 0.326 e. The highest BCUT2D eigenvalue weighted by atomic mass is 35.5. The number of rotatable bonds is 5. The minimum absolute atomic E-state index is 0.148. The Bertz CT molecular complexity index is 904. The molecule has 3 amide bonds. The van der Waals surface area contributed by atoms with Crippen molar-refractivity contribution in [2.45, 2.75) is 31.0 Å². The highest BCUT2D eigenvalue weighted by Gasteiger charge is 2.66. The van der Waals surface area contributed by atoms with E-state index < -0.39 is 48.7 Å². The molecule has 1 saturated heterocycles. The maximum absolute atomic E-state index is 12.7. The van der Waals surface area contributed by atoms with E-state index in [2.05, 4.69) is 5.32 Å². The van der Waals surface area contributed by atoms with Gasteiger partial charge in [-0.2, -0.15) is 0 Å². The summed E-state index contributed by atoms with van der Waals surface area (Å²) in [6.45, 7) is 2.78. The van der Waals surface area contributed by atoms with Gasteiger partial charge in [0.25, 0.3) is 5.91 Å². The lowest BCUT2D eigenvalue weighted by Crippen LogP contribution is -2.38. The van der Waals surface area contributed by atoms with Crippen molar-refractivity contribution in [1.29, 1.82) is 0 Å². The van der Waals surface area contributed by atoms with Crippen LogP contribution in [0, 0.1) is 37.5 Å². The Morgan fingerprint density at radius 2 is 1.70 bits per heavy atom. The van der Waals surface area contributed by atoms with E-state index in [-0.39, 0.29) is 22.6 Å². The van der Waals surface area contributed by atoms with Crippen molar-refractivity contribution in [3.63, 3.8) is 0 Å². The number of anilines is 1. The number of carbonyl (C=O) groups excluding carboxylic acids is 4. The van der Waals surface area contributed by atoms with E-state index in [0.29, 0.717) is 12.1 Å². The zero-order chi connectivity index (χ0) is 21.7. The number of nitrogens with one attached hydrogen (secondary N) is 1. The lowest BCUT2D eigenvalue weighted by Gasteiger charge is -2.28. The van der Waals surface area contributed by atoms with Crippen LogP contribution < -0.4 is 5.32 Å². The average Bonchev–Trinajstić information content (AvgIpc) is 3.31. The molecular formula is C21H22Cl2N2O5. The number of likely N-dealkylation sites (tertiary alicyclic amines) is 1. The molecule has 1 aromatic carbocycles. The first kappa shape index (κ1) is 21.1. The van der Waals surface area contributed by atoms with Crippen molar-refractivity contribution in [3.05, 3.63) is 29.3 Å². The summed E-state index contributed by atoms with van der Waals surface area (Å²) in [7, 11) is 0. The Morgan fingerprint density at radius 1 is 1.10 bits per heavy atom. The molecule has 7 nitrogen and oxygen atoms in total. The Kier molecular flexibility index (Phi) is 5.53. The second-order valence-corrected chi connectivity index (χ2v) is 9.23. The monoisotopic (exact) mass is 452 g/mol. The molecule has 0 aromatic heterocycles. The third kappa shape index (κ3) is 3.38. The predicted molar refractivity (Wildman–Crippen MR) is 110 cm³/mol. The zero-order valence-electron chi connectivity index (χ0n) is 16.6. The number of esters is 1. The van der Waals surface area contributed by atoms with Gasteiger partial charge in [0.05, 0.1) is 22.6 Å². The Labute approximate surface area is 184 Å². The first-order valence-electron chi connectivity index (χ1n) is 9.85. The van der Waals surface area contributed by atoms with Crippen LogP contribution in [0.4, 0.5) is 5.69 Å². The molecule has 1 aromatic rings. The number of alkyl halides is 2. The van der Waals surface area contributed by atoms with E-state index in [1.165, 1.54) is 0 Å². The van der Waals surface area contributed by atoms with Crippen molar-refractivity contribution < 1.29 is 23.9 Å². The lowest BCUT2D eigenvalue weighted by molar-refractivity contribution is -0.154. The fraction of sp³-hybridized carbons (Fsp3) is 0.524. The first-order chi connectivity index (χ1) is 14.2. The third-order valence-electron chi connectivity index (χ3n) is 6.61. The molecule has 1 N–H and O–H groups in total. The van der Waals surface area contributed by atoms with Crippen LogP contribution in [-0.4, -0.2) is 52.5 Å². The van der Waals surface area contributed by atoms with E-state index in [4.69, 9.17) is 27.9 Å². The van der Waals surface area contributed by atoms with Crippen molar-refractivity contribution in [1.82, 2.24) is 4.90 Å². The number of amides is 3. The van der Waals surface area contributed by atoms with Crippen LogP contribution in [0.2, 0.25) is 0 Å². The normalized spacial score (nSPS) is 31.8. The number of imide groups is 1. The lowest BCUT2D eigenvalue weighted by atomic mass is 9.80. The molecule has 2 aliphatic carbocycles. The summed E-state index contributed by atoms with van der Waals surface area (Å²) in [5.41, 5.74) is 2.58. The first-order valence-corrected chi connectivity index (χ1v) is 10.7. The molecule has 3 fully saturated rings. The van der Waals surface area contributed by atoms with Gasteiger partial charge in [0.15, 0.2) is 6.61 Å². The quantitative estimate of drug-likeness (QED) is 0.420. The largest absolute Gasteiger partial charge is 0.454 e. The SMILES string of the molecule is Cc1cccc(NC(=O)COC(=O)CN2C(=O)[C@@H]3[C@H]4C[C@@H]([C@H](Cl)[C@H]4Cl)[C@@H]3C2=O)c1C. The van der Waals surface area contributed by atoms with E-state index in [1.807, 2.05) is 26.0 Å². The van der Waals surface area contributed by atoms with Crippen LogP contribution in [0.1, 0.15) is 17.5 Å². The highest BCUT2D eigenvalue weighted by molar-refractivity contribution is 6.31. The molecule has 0 radical (unpaired) electrons. The molecule has 1 aliphatic heterocycles. The van der Waals surface area contributed by atoms with Crippen LogP contribution in [0.3, 0.4) is 0 Å². The minimum atomic E-state index is -0.815. The van der Waals surface area contributed by atoms with E-state index in [0.717, 1.165) is 16.0 Å². The van der Waals surface area contributed by atoms with Gasteiger partial charge < -0.3 is 10.1 Å². The third-order valence-corrected chi connectivity index (χ3v) is 7.93. The molecule has 0 spiro atoms. The molecule has 9 heteroatoms. The Hall–Kier alpha value is -2.12. The van der Waals surface area contributed by atoms with Crippen molar-refractivity contribution in [2.75, 3.05) is 18.5 Å². The molecule has 160 valence electrons. The molecular weight excluding hydrogens is 431 g/mol. The summed E-state index contributed by atoms with van der Waals surface area (Å²) >= 11 is 12.6. The molecule has 3 aliphatic rings. The maximum atomic E-state index is 12.7. The van der Waals surface area contributed by atoms with Crippen molar-refractivity contribution >= 4 is 52.6 Å². The molecule has 30 heavy (non-hydrogen) atoms. The van der Waals surface area contributed by atoms with Gasteiger partial charge in [-0.3, -0.25) is 24.1 Å². The number of halogens is 2. The fourth-order valence-corrected chi connectivity index (χ4v) is 5.85. The number of carbonyl (C=O) groups is 4. The molecule has 2 saturated carbocycles. The molecule has 1 heterocycles. The van der Waals surface area contributed by atoms with E-state index in [9.17, 15) is 19.2 Å². The summed E-state index contributed by atoms with van der Waals surface area (Å²) in [4.78, 5) is 50.7. The van der Waals surface area contributed by atoms with Gasteiger partial charge in [-0.1, -0.05) is 12.1 Å². The van der Waals surface area contributed by atoms with Crippen LogP contribution >= 0.6 is 23.2 Å². The summed E-state index contributed by atoms with van der Waals surface area (Å²) in [6.07, 6.45) is 0.659. The topological polar surface area (TPSA) is 92.8 Å². The minimum Gasteiger partial charge on any atom is -0.454 e. The van der Waals surface area contributed by atoms with Gasteiger partial charge >= 0.3 is 5.97 Å². The van der Waals surface area contributed by atoms with Crippen LogP contribution in [0.15, 0.2) is 18.2 Å². The van der Waals surface area contributed by atoms with Gasteiger partial charge in [-0.05, 0) is 49.3 Å². The predicted octanol–water partition coefficient (Wildman–Crippen LogP) is 2.25. The van der Waals surface area contributed by atoms with Gasteiger partial charge in [-0.15, -0.1) is 23.2 Å². The fourth-order valence-electron chi connectivity index (χ4n) is 4.96.